The summed E-state index contributed by atoms with van der Waals surface area (Å²) in [6.45, 7) is 1.63. The van der Waals surface area contributed by atoms with E-state index in [1.165, 1.54) is 31.4 Å². The zero-order chi connectivity index (χ0) is 21.4. The zero-order valence-corrected chi connectivity index (χ0v) is 16.1. The number of nitrogens with zero attached hydrogens (tertiary/aromatic N) is 2. The van der Waals surface area contributed by atoms with Crippen molar-refractivity contribution in [1.82, 2.24) is 5.16 Å². The van der Waals surface area contributed by atoms with Crippen molar-refractivity contribution in [3.05, 3.63) is 82.9 Å². The second-order valence-corrected chi connectivity index (χ2v) is 6.71. The van der Waals surface area contributed by atoms with E-state index in [2.05, 4.69) is 5.16 Å². The molecule has 7 nitrogen and oxygen atoms in total. The van der Waals surface area contributed by atoms with Crippen LogP contribution in [0.3, 0.4) is 0 Å². The molecular formula is C22H17FN2O5. The highest BCUT2D eigenvalue weighted by Gasteiger charge is 2.48. The van der Waals surface area contributed by atoms with Gasteiger partial charge in [0, 0.05) is 17.2 Å². The first-order valence-electron chi connectivity index (χ1n) is 9.05. The standard InChI is InChI=1S/C22H17FN2O5/c1-12-11-17(24-30-12)25-19(15-5-3-4-6-16(15)23)18(21(27)22(25)28)20(26)13-7-9-14(29-2)10-8-13/h3-11,19,26H,1-2H3/t19-/m0/s1. The summed E-state index contributed by atoms with van der Waals surface area (Å²) in [6.07, 6.45) is 0. The minimum atomic E-state index is -1.21. The Morgan fingerprint density at radius 1 is 1.17 bits per heavy atom. The van der Waals surface area contributed by atoms with E-state index in [1.807, 2.05) is 0 Å². The molecule has 0 aliphatic carbocycles. The second kappa shape index (κ2) is 7.47. The van der Waals surface area contributed by atoms with E-state index >= 15 is 0 Å². The molecule has 2 heterocycles. The first-order valence-corrected chi connectivity index (χ1v) is 9.05. The number of halogens is 1. The van der Waals surface area contributed by atoms with Crippen LogP contribution in [0.2, 0.25) is 0 Å². The van der Waals surface area contributed by atoms with E-state index in [0.717, 1.165) is 4.90 Å². The van der Waals surface area contributed by atoms with E-state index in [0.29, 0.717) is 11.5 Å². The number of ether oxygens (including phenoxy) is 1. The lowest BCUT2D eigenvalue weighted by atomic mass is 9.95. The molecule has 0 bridgehead atoms. The number of hydrogen-bond acceptors (Lipinski definition) is 6. The van der Waals surface area contributed by atoms with Crippen LogP contribution in [0.4, 0.5) is 10.2 Å². The number of benzene rings is 2. The van der Waals surface area contributed by atoms with Gasteiger partial charge < -0.3 is 14.4 Å². The molecule has 3 aromatic rings. The normalized spacial score (nSPS) is 18.1. The summed E-state index contributed by atoms with van der Waals surface area (Å²) in [5.74, 6) is -1.92. The maximum atomic E-state index is 14.7. The molecule has 0 radical (unpaired) electrons. The summed E-state index contributed by atoms with van der Waals surface area (Å²) < 4.78 is 24.9. The van der Waals surface area contributed by atoms with Crippen molar-refractivity contribution in [3.63, 3.8) is 0 Å². The molecule has 152 valence electrons. The van der Waals surface area contributed by atoms with Crippen molar-refractivity contribution >= 4 is 23.3 Å². The highest BCUT2D eigenvalue weighted by Crippen LogP contribution is 2.42. The second-order valence-electron chi connectivity index (χ2n) is 6.71. The quantitative estimate of drug-likeness (QED) is 0.401. The summed E-state index contributed by atoms with van der Waals surface area (Å²) in [5, 5.41) is 14.7. The van der Waals surface area contributed by atoms with Gasteiger partial charge in [0.05, 0.1) is 18.7 Å². The Kier molecular flexibility index (Phi) is 4.83. The Hall–Kier alpha value is -3.94. The number of rotatable bonds is 4. The molecule has 2 aromatic carbocycles. The van der Waals surface area contributed by atoms with Gasteiger partial charge in [-0.3, -0.25) is 14.5 Å². The molecule has 8 heteroatoms. The topological polar surface area (TPSA) is 92.9 Å². The molecule has 1 amide bonds. The molecule has 30 heavy (non-hydrogen) atoms. The molecule has 1 saturated heterocycles. The molecule has 0 spiro atoms. The molecule has 0 unspecified atom stereocenters. The third-order valence-electron chi connectivity index (χ3n) is 4.87. The highest BCUT2D eigenvalue weighted by molar-refractivity contribution is 6.51. The number of carbonyl (C=O) groups is 2. The molecule has 1 fully saturated rings. The van der Waals surface area contributed by atoms with Gasteiger partial charge in [0.1, 0.15) is 23.1 Å². The van der Waals surface area contributed by atoms with Crippen LogP contribution >= 0.6 is 0 Å². The maximum absolute atomic E-state index is 14.7. The van der Waals surface area contributed by atoms with Crippen LogP contribution in [-0.4, -0.2) is 29.1 Å². The molecule has 0 saturated carbocycles. The summed E-state index contributed by atoms with van der Waals surface area (Å²) in [4.78, 5) is 26.8. The minimum Gasteiger partial charge on any atom is -0.507 e. The monoisotopic (exact) mass is 408 g/mol. The number of aromatic nitrogens is 1. The van der Waals surface area contributed by atoms with Gasteiger partial charge in [-0.25, -0.2) is 4.39 Å². The molecule has 1 aliphatic heterocycles. The van der Waals surface area contributed by atoms with Crippen LogP contribution < -0.4 is 9.64 Å². The van der Waals surface area contributed by atoms with Crippen molar-refractivity contribution in [2.24, 2.45) is 0 Å². The molecule has 1 N–H and O–H groups in total. The van der Waals surface area contributed by atoms with Crippen molar-refractivity contribution in [2.75, 3.05) is 12.0 Å². The van der Waals surface area contributed by atoms with Crippen molar-refractivity contribution in [1.29, 1.82) is 0 Å². The van der Waals surface area contributed by atoms with Gasteiger partial charge in [-0.2, -0.15) is 0 Å². The highest BCUT2D eigenvalue weighted by atomic mass is 19.1. The number of aryl methyl sites for hydroxylation is 1. The lowest BCUT2D eigenvalue weighted by Gasteiger charge is -2.23. The Balaban J connectivity index is 1.94. The summed E-state index contributed by atoms with van der Waals surface area (Å²) in [7, 11) is 1.50. The minimum absolute atomic E-state index is 0.0485. The smallest absolute Gasteiger partial charge is 0.301 e. The Morgan fingerprint density at radius 3 is 2.47 bits per heavy atom. The van der Waals surface area contributed by atoms with Crippen LogP contribution in [-0.2, 0) is 9.59 Å². The average molecular weight is 408 g/mol. The van der Waals surface area contributed by atoms with Gasteiger partial charge in [-0.15, -0.1) is 0 Å². The van der Waals surface area contributed by atoms with Gasteiger partial charge in [0.2, 0.25) is 0 Å². The third kappa shape index (κ3) is 3.12. The Labute approximate surface area is 171 Å². The number of aliphatic hydroxyl groups is 1. The SMILES string of the molecule is COc1ccc(C(O)=C2C(=O)C(=O)N(c3cc(C)on3)[C@H]2c2ccccc2F)cc1. The van der Waals surface area contributed by atoms with E-state index in [1.54, 1.807) is 37.3 Å². The lowest BCUT2D eigenvalue weighted by Crippen LogP contribution is -2.30. The predicted molar refractivity (Wildman–Crippen MR) is 105 cm³/mol. The summed E-state index contributed by atoms with van der Waals surface area (Å²) >= 11 is 0. The first kappa shape index (κ1) is 19.4. The van der Waals surface area contributed by atoms with E-state index in [9.17, 15) is 19.1 Å². The number of Topliss-reactive ketones (excluding diaryl/α,β-unsaturated/α-hetero) is 1. The largest absolute Gasteiger partial charge is 0.507 e. The zero-order valence-electron chi connectivity index (χ0n) is 16.1. The Bertz CT molecular complexity index is 1170. The fourth-order valence-corrected chi connectivity index (χ4v) is 3.43. The predicted octanol–water partition coefficient (Wildman–Crippen LogP) is 3.76. The van der Waals surface area contributed by atoms with Gasteiger partial charge in [-0.1, -0.05) is 23.4 Å². The van der Waals surface area contributed by atoms with Crippen molar-refractivity contribution in [2.45, 2.75) is 13.0 Å². The van der Waals surface area contributed by atoms with Gasteiger partial charge >= 0.3 is 5.91 Å². The summed E-state index contributed by atoms with van der Waals surface area (Å²) in [6, 6.07) is 12.3. The number of carbonyl (C=O) groups excluding carboxylic acids is 2. The van der Waals surface area contributed by atoms with Crippen LogP contribution in [0, 0.1) is 12.7 Å². The number of anilines is 1. The van der Waals surface area contributed by atoms with E-state index in [-0.39, 0.29) is 22.5 Å². The summed E-state index contributed by atoms with van der Waals surface area (Å²) in [5.41, 5.74) is 0.0924. The van der Waals surface area contributed by atoms with Crippen LogP contribution in [0.1, 0.15) is 22.9 Å². The third-order valence-corrected chi connectivity index (χ3v) is 4.87. The molecular weight excluding hydrogens is 391 g/mol. The van der Waals surface area contributed by atoms with Crippen molar-refractivity contribution < 1.29 is 28.3 Å². The lowest BCUT2D eigenvalue weighted by molar-refractivity contribution is -0.132. The maximum Gasteiger partial charge on any atom is 0.301 e. The van der Waals surface area contributed by atoms with Crippen molar-refractivity contribution in [3.8, 4) is 5.75 Å². The van der Waals surface area contributed by atoms with E-state index < -0.39 is 29.3 Å². The molecule has 4 rings (SSSR count). The fourth-order valence-electron chi connectivity index (χ4n) is 3.43. The van der Waals surface area contributed by atoms with Gasteiger partial charge in [0.25, 0.3) is 5.78 Å². The average Bonchev–Trinajstić information content (AvgIpc) is 3.29. The number of ketones is 1. The number of methoxy groups -OCH3 is 1. The van der Waals surface area contributed by atoms with Gasteiger partial charge in [0.15, 0.2) is 5.82 Å². The number of hydrogen-bond donors (Lipinski definition) is 1. The van der Waals surface area contributed by atoms with E-state index in [4.69, 9.17) is 9.26 Å². The first-order chi connectivity index (χ1) is 14.4. The molecule has 1 atom stereocenters. The van der Waals surface area contributed by atoms with Crippen LogP contribution in [0.5, 0.6) is 5.75 Å². The van der Waals surface area contributed by atoms with Crippen LogP contribution in [0.25, 0.3) is 5.76 Å². The van der Waals surface area contributed by atoms with Crippen LogP contribution in [0.15, 0.2) is 64.7 Å². The fraction of sp³-hybridized carbons (Fsp3) is 0.136. The van der Waals surface area contributed by atoms with Gasteiger partial charge in [-0.05, 0) is 37.3 Å². The number of amides is 1. The molecule has 1 aliphatic rings. The number of aliphatic hydroxyl groups excluding tert-OH is 1. The molecule has 1 aromatic heterocycles. The Morgan fingerprint density at radius 2 is 1.87 bits per heavy atom.